The minimum Gasteiger partial charge on any atom is -0.392 e. The normalized spacial score (nSPS) is 15.3. The van der Waals surface area contributed by atoms with E-state index in [2.05, 4.69) is 23.8 Å². The van der Waals surface area contributed by atoms with Crippen LogP contribution in [0, 0.1) is 5.92 Å². The highest BCUT2D eigenvalue weighted by atomic mass is 16.3. The van der Waals surface area contributed by atoms with Crippen LogP contribution in [-0.2, 0) is 6.54 Å². The number of pyridine rings is 1. The molecule has 7 heteroatoms. The first kappa shape index (κ1) is 17.4. The molecule has 0 amide bonds. The third-order valence-electron chi connectivity index (χ3n) is 4.40. The van der Waals surface area contributed by atoms with Crippen LogP contribution in [0.3, 0.4) is 0 Å². The molecule has 1 aliphatic rings. The van der Waals surface area contributed by atoms with E-state index in [1.165, 1.54) is 0 Å². The fourth-order valence-corrected chi connectivity index (χ4v) is 3.30. The summed E-state index contributed by atoms with van der Waals surface area (Å²) in [4.78, 5) is 23.4. The van der Waals surface area contributed by atoms with Crippen LogP contribution >= 0.6 is 0 Å². The van der Waals surface area contributed by atoms with Gasteiger partial charge in [-0.15, -0.1) is 0 Å². The first-order chi connectivity index (χ1) is 12.0. The summed E-state index contributed by atoms with van der Waals surface area (Å²) in [7, 11) is 0. The third-order valence-corrected chi connectivity index (χ3v) is 4.40. The third kappa shape index (κ3) is 3.66. The Morgan fingerprint density at radius 1 is 1.28 bits per heavy atom. The van der Waals surface area contributed by atoms with E-state index in [-0.39, 0.29) is 11.2 Å². The summed E-state index contributed by atoms with van der Waals surface area (Å²) in [5.74, 6) is 0.994. The maximum Gasteiger partial charge on any atom is 0.278 e. The minimum absolute atomic E-state index is 0.152. The number of anilines is 2. The van der Waals surface area contributed by atoms with Gasteiger partial charge in [0.2, 0.25) is 5.95 Å². The van der Waals surface area contributed by atoms with E-state index < -0.39 is 6.10 Å². The predicted octanol–water partition coefficient (Wildman–Crippen LogP) is 1.50. The van der Waals surface area contributed by atoms with E-state index in [9.17, 15) is 9.90 Å². The SMILES string of the molecule is CC(C)CC(O)CN1CCCn2c1nc(-c1ccncc1)c(N)c2=O. The van der Waals surface area contributed by atoms with Gasteiger partial charge in [0.1, 0.15) is 11.4 Å². The number of fused-ring (bicyclic) bond motifs is 1. The summed E-state index contributed by atoms with van der Waals surface area (Å²) in [5, 5.41) is 10.3. The van der Waals surface area contributed by atoms with Crippen LogP contribution < -0.4 is 16.2 Å². The van der Waals surface area contributed by atoms with Crippen LogP contribution in [0.2, 0.25) is 0 Å². The van der Waals surface area contributed by atoms with E-state index in [4.69, 9.17) is 5.73 Å². The Labute approximate surface area is 147 Å². The smallest absolute Gasteiger partial charge is 0.278 e. The van der Waals surface area contributed by atoms with Gasteiger partial charge in [0.15, 0.2) is 0 Å². The Hall–Kier alpha value is -2.41. The van der Waals surface area contributed by atoms with Gasteiger partial charge >= 0.3 is 0 Å². The Morgan fingerprint density at radius 2 is 2.00 bits per heavy atom. The maximum absolute atomic E-state index is 12.7. The van der Waals surface area contributed by atoms with E-state index in [1.54, 1.807) is 29.1 Å². The number of hydrogen-bond donors (Lipinski definition) is 2. The lowest BCUT2D eigenvalue weighted by atomic mass is 10.1. The maximum atomic E-state index is 12.7. The molecule has 0 radical (unpaired) electrons. The van der Waals surface area contributed by atoms with Crippen LogP contribution in [0.25, 0.3) is 11.3 Å². The van der Waals surface area contributed by atoms with Crippen LogP contribution in [0.15, 0.2) is 29.3 Å². The van der Waals surface area contributed by atoms with Crippen molar-refractivity contribution in [2.75, 3.05) is 23.7 Å². The lowest BCUT2D eigenvalue weighted by Crippen LogP contribution is -2.43. The number of nitrogens with zero attached hydrogens (tertiary/aromatic N) is 4. The largest absolute Gasteiger partial charge is 0.392 e. The molecule has 1 atom stereocenters. The number of rotatable bonds is 5. The fourth-order valence-electron chi connectivity index (χ4n) is 3.30. The predicted molar refractivity (Wildman–Crippen MR) is 98.4 cm³/mol. The van der Waals surface area contributed by atoms with Crippen molar-refractivity contribution in [1.29, 1.82) is 0 Å². The Kier molecular flexibility index (Phi) is 5.03. The zero-order valence-electron chi connectivity index (χ0n) is 14.7. The molecule has 7 nitrogen and oxygen atoms in total. The lowest BCUT2D eigenvalue weighted by molar-refractivity contribution is 0.152. The second-order valence-corrected chi connectivity index (χ2v) is 6.95. The standard InChI is InChI=1S/C18H25N5O2/c1-12(2)10-14(24)11-22-8-3-9-23-17(25)15(19)16(21-18(22)23)13-4-6-20-7-5-13/h4-7,12,14,24H,3,8-11,19H2,1-2H3. The highest BCUT2D eigenvalue weighted by Crippen LogP contribution is 2.26. The van der Waals surface area contributed by atoms with Gasteiger partial charge in [-0.3, -0.25) is 14.3 Å². The molecule has 0 saturated carbocycles. The summed E-state index contributed by atoms with van der Waals surface area (Å²) < 4.78 is 1.62. The molecule has 134 valence electrons. The Morgan fingerprint density at radius 3 is 2.68 bits per heavy atom. The van der Waals surface area contributed by atoms with E-state index in [1.807, 2.05) is 4.90 Å². The van der Waals surface area contributed by atoms with Crippen molar-refractivity contribution in [1.82, 2.24) is 14.5 Å². The van der Waals surface area contributed by atoms with Crippen molar-refractivity contribution in [3.8, 4) is 11.3 Å². The molecule has 0 saturated heterocycles. The van der Waals surface area contributed by atoms with Gasteiger partial charge < -0.3 is 15.7 Å². The first-order valence-electron chi connectivity index (χ1n) is 8.71. The molecule has 0 bridgehead atoms. The van der Waals surface area contributed by atoms with Gasteiger partial charge in [0, 0.05) is 37.6 Å². The van der Waals surface area contributed by atoms with Crippen molar-refractivity contribution in [2.45, 2.75) is 39.3 Å². The first-order valence-corrected chi connectivity index (χ1v) is 8.71. The second-order valence-electron chi connectivity index (χ2n) is 6.95. The summed E-state index contributed by atoms with van der Waals surface area (Å²) in [6.45, 7) is 5.99. The molecule has 25 heavy (non-hydrogen) atoms. The molecular formula is C18H25N5O2. The summed E-state index contributed by atoms with van der Waals surface area (Å²) in [6, 6.07) is 3.58. The summed E-state index contributed by atoms with van der Waals surface area (Å²) in [6.07, 6.45) is 4.39. The Bertz CT molecular complexity index is 788. The summed E-state index contributed by atoms with van der Waals surface area (Å²) in [5.41, 5.74) is 7.24. The van der Waals surface area contributed by atoms with Crippen molar-refractivity contribution < 1.29 is 5.11 Å². The van der Waals surface area contributed by atoms with Crippen LogP contribution in [0.1, 0.15) is 26.7 Å². The van der Waals surface area contributed by atoms with Crippen molar-refractivity contribution >= 4 is 11.6 Å². The van der Waals surface area contributed by atoms with Crippen molar-refractivity contribution in [2.24, 2.45) is 5.92 Å². The number of hydrogen-bond acceptors (Lipinski definition) is 6. The van der Waals surface area contributed by atoms with Crippen LogP contribution in [0.4, 0.5) is 11.6 Å². The number of aromatic nitrogens is 3. The lowest BCUT2D eigenvalue weighted by Gasteiger charge is -2.33. The van der Waals surface area contributed by atoms with Gasteiger partial charge in [-0.25, -0.2) is 4.98 Å². The highest BCUT2D eigenvalue weighted by molar-refractivity contribution is 5.72. The molecule has 2 aromatic rings. The molecule has 3 rings (SSSR count). The molecule has 0 aromatic carbocycles. The number of aliphatic hydroxyl groups is 1. The number of aliphatic hydroxyl groups excluding tert-OH is 1. The molecule has 0 aliphatic carbocycles. The molecule has 0 spiro atoms. The van der Waals surface area contributed by atoms with Gasteiger partial charge in [0.05, 0.1) is 6.10 Å². The average molecular weight is 343 g/mol. The average Bonchev–Trinajstić information content (AvgIpc) is 2.58. The number of nitrogens with two attached hydrogens (primary N) is 1. The minimum atomic E-state index is -0.453. The number of nitrogen functional groups attached to an aromatic ring is 1. The fraction of sp³-hybridized carbons (Fsp3) is 0.500. The van der Waals surface area contributed by atoms with Crippen molar-refractivity contribution in [3.05, 3.63) is 34.9 Å². The zero-order chi connectivity index (χ0) is 18.0. The van der Waals surface area contributed by atoms with Gasteiger partial charge in [-0.1, -0.05) is 13.8 Å². The van der Waals surface area contributed by atoms with E-state index in [0.29, 0.717) is 37.1 Å². The van der Waals surface area contributed by atoms with E-state index in [0.717, 1.165) is 18.5 Å². The van der Waals surface area contributed by atoms with Gasteiger partial charge in [-0.2, -0.15) is 0 Å². The molecule has 0 fully saturated rings. The second kappa shape index (κ2) is 7.23. The zero-order valence-corrected chi connectivity index (χ0v) is 14.7. The molecule has 2 aromatic heterocycles. The summed E-state index contributed by atoms with van der Waals surface area (Å²) >= 11 is 0. The molecule has 3 heterocycles. The highest BCUT2D eigenvalue weighted by Gasteiger charge is 2.25. The molecule has 3 N–H and O–H groups in total. The van der Waals surface area contributed by atoms with Crippen LogP contribution in [0.5, 0.6) is 0 Å². The number of β-amino-alcohol motifs (C(OH)–C–C–N with tert-alkyl or cyclic N) is 1. The Balaban J connectivity index is 2.00. The van der Waals surface area contributed by atoms with Crippen LogP contribution in [-0.4, -0.2) is 38.8 Å². The molecule has 1 unspecified atom stereocenters. The topological polar surface area (TPSA) is 97.3 Å². The molecule has 1 aliphatic heterocycles. The monoisotopic (exact) mass is 343 g/mol. The van der Waals surface area contributed by atoms with E-state index >= 15 is 0 Å². The van der Waals surface area contributed by atoms with Gasteiger partial charge in [-0.05, 0) is 30.9 Å². The van der Waals surface area contributed by atoms with Gasteiger partial charge in [0.25, 0.3) is 5.56 Å². The molecular weight excluding hydrogens is 318 g/mol. The van der Waals surface area contributed by atoms with Crippen molar-refractivity contribution in [3.63, 3.8) is 0 Å². The quantitative estimate of drug-likeness (QED) is 0.854.